The Hall–Kier alpha value is -1.82. The molecule has 0 spiro atoms. The normalized spacial score (nSPS) is 10.0. The van der Waals surface area contributed by atoms with Crippen molar-refractivity contribution in [2.45, 2.75) is 6.92 Å². The highest BCUT2D eigenvalue weighted by molar-refractivity contribution is 9.10. The third-order valence-electron chi connectivity index (χ3n) is 2.10. The Morgan fingerprint density at radius 2 is 2.18 bits per heavy atom. The summed E-state index contributed by atoms with van der Waals surface area (Å²) in [6, 6.07) is 3.54. The number of rotatable bonds is 2. The largest absolute Gasteiger partial charge is 0.319 e. The molecule has 0 fully saturated rings. The van der Waals surface area contributed by atoms with E-state index in [1.807, 2.05) is 6.92 Å². The number of nitrogens with one attached hydrogen (secondary N) is 1. The maximum atomic E-state index is 11.8. The monoisotopic (exact) mass is 292 g/mol. The van der Waals surface area contributed by atoms with E-state index in [9.17, 15) is 4.79 Å². The number of amides is 1. The maximum absolute atomic E-state index is 11.8. The van der Waals surface area contributed by atoms with Crippen LogP contribution >= 0.6 is 15.9 Å². The summed E-state index contributed by atoms with van der Waals surface area (Å²) in [7, 11) is 0. The highest BCUT2D eigenvalue weighted by atomic mass is 79.9. The van der Waals surface area contributed by atoms with Gasteiger partial charge in [-0.3, -0.25) is 9.78 Å². The van der Waals surface area contributed by atoms with E-state index in [4.69, 9.17) is 0 Å². The average molecular weight is 293 g/mol. The Balaban J connectivity index is 2.19. The van der Waals surface area contributed by atoms with Crippen LogP contribution in [0.15, 0.2) is 35.3 Å². The van der Waals surface area contributed by atoms with E-state index in [1.54, 1.807) is 12.1 Å². The minimum Gasteiger partial charge on any atom is -0.319 e. The highest BCUT2D eigenvalue weighted by Crippen LogP contribution is 2.16. The molecular formula is C11H9BrN4O. The molecule has 0 saturated heterocycles. The van der Waals surface area contributed by atoms with Gasteiger partial charge in [0.25, 0.3) is 5.91 Å². The number of carbonyl (C=O) groups is 1. The molecular weight excluding hydrogens is 284 g/mol. The van der Waals surface area contributed by atoms with Gasteiger partial charge in [0, 0.05) is 12.4 Å². The van der Waals surface area contributed by atoms with Gasteiger partial charge in [0.1, 0.15) is 10.3 Å². The van der Waals surface area contributed by atoms with Gasteiger partial charge >= 0.3 is 0 Å². The van der Waals surface area contributed by atoms with Crippen molar-refractivity contribution in [2.75, 3.05) is 5.32 Å². The van der Waals surface area contributed by atoms with Crippen molar-refractivity contribution in [3.63, 3.8) is 0 Å². The number of anilines is 1. The van der Waals surface area contributed by atoms with E-state index in [1.165, 1.54) is 18.6 Å². The van der Waals surface area contributed by atoms with Crippen LogP contribution in [0.2, 0.25) is 0 Å². The average Bonchev–Trinajstić information content (AvgIpc) is 2.34. The number of carbonyl (C=O) groups excluding carboxylic acids is 1. The van der Waals surface area contributed by atoms with E-state index in [0.29, 0.717) is 5.69 Å². The molecule has 0 aliphatic carbocycles. The molecule has 0 saturated carbocycles. The second-order valence-corrected chi connectivity index (χ2v) is 4.12. The predicted molar refractivity (Wildman–Crippen MR) is 66.7 cm³/mol. The van der Waals surface area contributed by atoms with Crippen molar-refractivity contribution in [1.29, 1.82) is 0 Å². The second-order valence-electron chi connectivity index (χ2n) is 3.31. The Labute approximate surface area is 106 Å². The first-order valence-corrected chi connectivity index (χ1v) is 5.66. The van der Waals surface area contributed by atoms with Crippen LogP contribution in [-0.2, 0) is 0 Å². The van der Waals surface area contributed by atoms with Crippen LogP contribution in [-0.4, -0.2) is 20.9 Å². The SMILES string of the molecule is Cc1nc(Br)ccc1NC(=O)c1cnccn1. The summed E-state index contributed by atoms with van der Waals surface area (Å²) >= 11 is 3.26. The quantitative estimate of drug-likeness (QED) is 0.862. The van der Waals surface area contributed by atoms with Crippen molar-refractivity contribution in [3.8, 4) is 0 Å². The van der Waals surface area contributed by atoms with E-state index < -0.39 is 0 Å². The topological polar surface area (TPSA) is 67.8 Å². The minimum atomic E-state index is -0.301. The van der Waals surface area contributed by atoms with E-state index in [-0.39, 0.29) is 11.6 Å². The Kier molecular flexibility index (Phi) is 3.43. The first kappa shape index (κ1) is 11.7. The zero-order valence-electron chi connectivity index (χ0n) is 9.01. The summed E-state index contributed by atoms with van der Waals surface area (Å²) in [5.74, 6) is -0.301. The van der Waals surface area contributed by atoms with Crippen LogP contribution in [0.1, 0.15) is 16.2 Å². The Bertz CT molecular complexity index is 544. The molecule has 0 unspecified atom stereocenters. The van der Waals surface area contributed by atoms with Crippen LogP contribution in [0.5, 0.6) is 0 Å². The third-order valence-corrected chi connectivity index (χ3v) is 2.54. The summed E-state index contributed by atoms with van der Waals surface area (Å²) < 4.78 is 0.729. The van der Waals surface area contributed by atoms with Crippen molar-refractivity contribution in [3.05, 3.63) is 46.7 Å². The molecule has 0 bridgehead atoms. The van der Waals surface area contributed by atoms with Crippen LogP contribution < -0.4 is 5.32 Å². The summed E-state index contributed by atoms with van der Waals surface area (Å²) in [5.41, 5.74) is 1.66. The van der Waals surface area contributed by atoms with Crippen molar-refractivity contribution in [1.82, 2.24) is 15.0 Å². The van der Waals surface area contributed by atoms with Gasteiger partial charge in [0.15, 0.2) is 0 Å². The molecule has 2 heterocycles. The summed E-state index contributed by atoms with van der Waals surface area (Å²) in [5, 5.41) is 2.73. The van der Waals surface area contributed by atoms with Gasteiger partial charge in [-0.25, -0.2) is 9.97 Å². The summed E-state index contributed by atoms with van der Waals surface area (Å²) in [6.45, 7) is 1.82. The first-order valence-electron chi connectivity index (χ1n) is 4.87. The number of pyridine rings is 1. The molecule has 86 valence electrons. The number of aromatic nitrogens is 3. The van der Waals surface area contributed by atoms with Gasteiger partial charge in [0.2, 0.25) is 0 Å². The minimum absolute atomic E-state index is 0.273. The molecule has 17 heavy (non-hydrogen) atoms. The second kappa shape index (κ2) is 5.01. The Morgan fingerprint density at radius 3 is 2.82 bits per heavy atom. The van der Waals surface area contributed by atoms with Crippen LogP contribution in [0.4, 0.5) is 5.69 Å². The van der Waals surface area contributed by atoms with E-state index >= 15 is 0 Å². The molecule has 2 rings (SSSR count). The van der Waals surface area contributed by atoms with Gasteiger partial charge in [0.05, 0.1) is 17.6 Å². The number of hydrogen-bond donors (Lipinski definition) is 1. The molecule has 0 radical (unpaired) electrons. The first-order chi connectivity index (χ1) is 8.16. The van der Waals surface area contributed by atoms with Gasteiger partial charge in [-0.2, -0.15) is 0 Å². The van der Waals surface area contributed by atoms with Gasteiger partial charge in [-0.1, -0.05) is 0 Å². The van der Waals surface area contributed by atoms with Crippen LogP contribution in [0, 0.1) is 6.92 Å². The van der Waals surface area contributed by atoms with Crippen LogP contribution in [0.25, 0.3) is 0 Å². The standard InChI is InChI=1S/C11H9BrN4O/c1-7-8(2-3-10(12)15-7)16-11(17)9-6-13-4-5-14-9/h2-6H,1H3,(H,16,17). The van der Waals surface area contributed by atoms with Crippen LogP contribution in [0.3, 0.4) is 0 Å². The molecule has 0 atom stereocenters. The fourth-order valence-electron chi connectivity index (χ4n) is 1.27. The third kappa shape index (κ3) is 2.85. The molecule has 6 heteroatoms. The number of aryl methyl sites for hydroxylation is 1. The molecule has 0 aromatic carbocycles. The van der Waals surface area contributed by atoms with Gasteiger partial charge < -0.3 is 5.32 Å². The molecule has 5 nitrogen and oxygen atoms in total. The van der Waals surface area contributed by atoms with Crippen molar-refractivity contribution in [2.24, 2.45) is 0 Å². The number of halogens is 1. The highest BCUT2D eigenvalue weighted by Gasteiger charge is 2.09. The summed E-state index contributed by atoms with van der Waals surface area (Å²) in [6.07, 6.45) is 4.40. The van der Waals surface area contributed by atoms with Gasteiger partial charge in [-0.15, -0.1) is 0 Å². The van der Waals surface area contributed by atoms with Crippen molar-refractivity contribution >= 4 is 27.5 Å². The predicted octanol–water partition coefficient (Wildman–Crippen LogP) is 2.19. The number of nitrogens with zero attached hydrogens (tertiary/aromatic N) is 3. The lowest BCUT2D eigenvalue weighted by atomic mass is 10.3. The molecule has 0 aliphatic heterocycles. The molecule has 1 N–H and O–H groups in total. The van der Waals surface area contributed by atoms with Crippen molar-refractivity contribution < 1.29 is 4.79 Å². The fourth-order valence-corrected chi connectivity index (χ4v) is 1.66. The van der Waals surface area contributed by atoms with E-state index in [2.05, 4.69) is 36.2 Å². The molecule has 1 amide bonds. The van der Waals surface area contributed by atoms with E-state index in [0.717, 1.165) is 10.3 Å². The molecule has 0 aliphatic rings. The lowest BCUT2D eigenvalue weighted by Crippen LogP contribution is -2.14. The fraction of sp³-hybridized carbons (Fsp3) is 0.0909. The Morgan fingerprint density at radius 1 is 1.35 bits per heavy atom. The molecule has 2 aromatic heterocycles. The van der Waals surface area contributed by atoms with Gasteiger partial charge in [-0.05, 0) is 35.0 Å². The lowest BCUT2D eigenvalue weighted by Gasteiger charge is -2.06. The number of hydrogen-bond acceptors (Lipinski definition) is 4. The lowest BCUT2D eigenvalue weighted by molar-refractivity contribution is 0.102. The smallest absolute Gasteiger partial charge is 0.275 e. The summed E-state index contributed by atoms with van der Waals surface area (Å²) in [4.78, 5) is 23.7. The molecule has 2 aromatic rings. The zero-order chi connectivity index (χ0) is 12.3. The maximum Gasteiger partial charge on any atom is 0.275 e. The zero-order valence-corrected chi connectivity index (χ0v) is 10.6.